The Labute approximate surface area is 109 Å². The number of unbranched alkanes of at least 4 members (excludes halogenated alkanes) is 2. The van der Waals surface area contributed by atoms with Gasteiger partial charge in [-0.2, -0.15) is 5.48 Å². The summed E-state index contributed by atoms with van der Waals surface area (Å²) in [6, 6.07) is 7.60. The van der Waals surface area contributed by atoms with Crippen molar-refractivity contribution in [1.29, 1.82) is 0 Å². The average molecular weight is 254 g/mol. The van der Waals surface area contributed by atoms with Crippen LogP contribution in [0.4, 0.5) is 0 Å². The lowest BCUT2D eigenvalue weighted by Crippen LogP contribution is -2.30. The van der Waals surface area contributed by atoms with Crippen molar-refractivity contribution >= 4 is 12.6 Å². The first-order valence-electron chi connectivity index (χ1n) is 6.22. The molecule has 0 saturated heterocycles. The second-order valence-corrected chi connectivity index (χ2v) is 4.46. The van der Waals surface area contributed by atoms with E-state index in [1.54, 1.807) is 0 Å². The van der Waals surface area contributed by atoms with Gasteiger partial charge in [0.25, 0.3) is 0 Å². The van der Waals surface area contributed by atoms with E-state index in [-0.39, 0.29) is 0 Å². The van der Waals surface area contributed by atoms with Gasteiger partial charge in [0.05, 0.1) is 0 Å². The number of hydrogen-bond donors (Lipinski definition) is 3. The quantitative estimate of drug-likeness (QED) is 0.360. The summed E-state index contributed by atoms with van der Waals surface area (Å²) in [6.45, 7) is 5.03. The third kappa shape index (κ3) is 7.26. The van der Waals surface area contributed by atoms with Crippen molar-refractivity contribution in [2.24, 2.45) is 0 Å². The maximum absolute atomic E-state index is 5.36. The summed E-state index contributed by atoms with van der Waals surface area (Å²) in [7, 11) is 0. The lowest BCUT2D eigenvalue weighted by atomic mass is 10.2. The average Bonchev–Trinajstić information content (AvgIpc) is 2.35. The minimum Gasteiger partial charge on any atom is -0.409 e. The van der Waals surface area contributed by atoms with Gasteiger partial charge < -0.3 is 10.2 Å². The second-order valence-electron chi connectivity index (χ2n) is 3.95. The van der Waals surface area contributed by atoms with Crippen molar-refractivity contribution in [3.63, 3.8) is 0 Å². The minimum atomic E-state index is 0.800. The molecule has 0 aromatic heterocycles. The fraction of sp³-hybridized carbons (Fsp3) is 0.538. The molecular weight excluding hydrogens is 232 g/mol. The highest BCUT2D eigenvalue weighted by molar-refractivity contribution is 7.80. The summed E-state index contributed by atoms with van der Waals surface area (Å²) < 4.78 is 0. The Morgan fingerprint density at radius 3 is 2.53 bits per heavy atom. The van der Waals surface area contributed by atoms with Gasteiger partial charge in [-0.3, -0.25) is 0 Å². The van der Waals surface area contributed by atoms with Gasteiger partial charge in [-0.15, -0.1) is 12.6 Å². The molecule has 0 saturated carbocycles. The van der Waals surface area contributed by atoms with E-state index < -0.39 is 0 Å². The van der Waals surface area contributed by atoms with Crippen LogP contribution in [0, 0.1) is 0 Å². The molecule has 0 aliphatic heterocycles. The van der Waals surface area contributed by atoms with Gasteiger partial charge >= 0.3 is 0 Å². The molecule has 0 unspecified atom stereocenters. The van der Waals surface area contributed by atoms with Gasteiger partial charge in [0.15, 0.2) is 0 Å². The highest BCUT2D eigenvalue weighted by Gasteiger charge is 1.93. The molecule has 0 aliphatic rings. The van der Waals surface area contributed by atoms with E-state index in [2.05, 4.69) is 30.3 Å². The molecule has 3 nitrogen and oxygen atoms in total. The third-order valence-electron chi connectivity index (χ3n) is 2.39. The first kappa shape index (κ1) is 14.4. The smallest absolute Gasteiger partial charge is 0.147 e. The van der Waals surface area contributed by atoms with Gasteiger partial charge in [-0.1, -0.05) is 19.8 Å². The maximum Gasteiger partial charge on any atom is 0.147 e. The lowest BCUT2D eigenvalue weighted by Gasteiger charge is -2.08. The molecule has 1 aromatic rings. The van der Waals surface area contributed by atoms with E-state index in [1.165, 1.54) is 19.3 Å². The number of hydrogen-bond acceptors (Lipinski definition) is 4. The minimum absolute atomic E-state index is 0.800. The fourth-order valence-electron chi connectivity index (χ4n) is 1.41. The molecule has 17 heavy (non-hydrogen) atoms. The molecule has 0 heterocycles. The second kappa shape index (κ2) is 9.33. The number of hydroxylamine groups is 1. The summed E-state index contributed by atoms with van der Waals surface area (Å²) in [5.41, 5.74) is 2.92. The van der Waals surface area contributed by atoms with Crippen LogP contribution in [0.5, 0.6) is 5.75 Å². The van der Waals surface area contributed by atoms with Crippen LogP contribution in [-0.2, 0) is 0 Å². The number of benzene rings is 1. The van der Waals surface area contributed by atoms with E-state index in [1.807, 2.05) is 24.3 Å². The monoisotopic (exact) mass is 254 g/mol. The van der Waals surface area contributed by atoms with Crippen LogP contribution in [0.25, 0.3) is 0 Å². The molecule has 1 aromatic carbocycles. The predicted molar refractivity (Wildman–Crippen MR) is 74.7 cm³/mol. The third-order valence-corrected chi connectivity index (χ3v) is 2.69. The Morgan fingerprint density at radius 2 is 1.82 bits per heavy atom. The highest BCUT2D eigenvalue weighted by Crippen LogP contribution is 2.12. The Bertz CT molecular complexity index is 290. The molecule has 0 atom stereocenters. The number of rotatable bonds is 9. The van der Waals surface area contributed by atoms with Crippen LogP contribution >= 0.6 is 12.6 Å². The van der Waals surface area contributed by atoms with Gasteiger partial charge in [-0.05, 0) is 37.2 Å². The SMILES string of the molecule is CCCCCNCCNOc1ccc(S)cc1. The zero-order chi connectivity index (χ0) is 12.3. The van der Waals surface area contributed by atoms with Crippen molar-refractivity contribution in [2.45, 2.75) is 31.1 Å². The molecule has 0 bridgehead atoms. The number of nitrogens with one attached hydrogen (secondary N) is 2. The van der Waals surface area contributed by atoms with Crippen LogP contribution in [-0.4, -0.2) is 19.6 Å². The largest absolute Gasteiger partial charge is 0.409 e. The Kier molecular flexibility index (Phi) is 7.88. The van der Waals surface area contributed by atoms with Crippen LogP contribution in [0.15, 0.2) is 29.2 Å². The Balaban J connectivity index is 1.95. The maximum atomic E-state index is 5.36. The molecule has 2 N–H and O–H groups in total. The van der Waals surface area contributed by atoms with Gasteiger partial charge in [0.2, 0.25) is 0 Å². The predicted octanol–water partition coefficient (Wildman–Crippen LogP) is 2.64. The zero-order valence-corrected chi connectivity index (χ0v) is 11.3. The summed E-state index contributed by atoms with van der Waals surface area (Å²) >= 11 is 4.21. The van der Waals surface area contributed by atoms with Gasteiger partial charge in [0.1, 0.15) is 5.75 Å². The summed E-state index contributed by atoms with van der Waals surface area (Å²) in [6.07, 6.45) is 3.82. The molecule has 0 radical (unpaired) electrons. The van der Waals surface area contributed by atoms with Gasteiger partial charge in [0, 0.05) is 18.0 Å². The van der Waals surface area contributed by atoms with Crippen LogP contribution in [0.1, 0.15) is 26.2 Å². The molecule has 0 spiro atoms. The summed E-state index contributed by atoms with van der Waals surface area (Å²) in [5.74, 6) is 0.814. The molecule has 96 valence electrons. The van der Waals surface area contributed by atoms with E-state index in [0.29, 0.717) is 0 Å². The van der Waals surface area contributed by atoms with Crippen molar-refractivity contribution in [3.05, 3.63) is 24.3 Å². The molecule has 0 aliphatic carbocycles. The topological polar surface area (TPSA) is 33.3 Å². The molecule has 0 amide bonds. The molecule has 0 fully saturated rings. The fourth-order valence-corrected chi connectivity index (χ4v) is 1.56. The van der Waals surface area contributed by atoms with Crippen molar-refractivity contribution in [2.75, 3.05) is 19.6 Å². The van der Waals surface area contributed by atoms with Crippen LogP contribution in [0.2, 0.25) is 0 Å². The summed E-state index contributed by atoms with van der Waals surface area (Å²) in [4.78, 5) is 6.30. The Hall–Kier alpha value is -0.710. The van der Waals surface area contributed by atoms with Crippen molar-refractivity contribution in [3.8, 4) is 5.75 Å². The standard InChI is InChI=1S/C13H22N2OS/c1-2-3-4-9-14-10-11-15-16-12-5-7-13(17)8-6-12/h5-8,14-15,17H,2-4,9-11H2,1H3. The Morgan fingerprint density at radius 1 is 1.06 bits per heavy atom. The van der Waals surface area contributed by atoms with E-state index >= 15 is 0 Å². The van der Waals surface area contributed by atoms with E-state index in [9.17, 15) is 0 Å². The van der Waals surface area contributed by atoms with Crippen LogP contribution in [0.3, 0.4) is 0 Å². The molecule has 4 heteroatoms. The van der Waals surface area contributed by atoms with Crippen molar-refractivity contribution < 1.29 is 4.84 Å². The van der Waals surface area contributed by atoms with E-state index in [4.69, 9.17) is 4.84 Å². The lowest BCUT2D eigenvalue weighted by molar-refractivity contribution is 0.196. The van der Waals surface area contributed by atoms with E-state index in [0.717, 1.165) is 30.3 Å². The first-order valence-corrected chi connectivity index (χ1v) is 6.67. The zero-order valence-electron chi connectivity index (χ0n) is 10.4. The molecule has 1 rings (SSSR count). The summed E-state index contributed by atoms with van der Waals surface area (Å²) in [5, 5.41) is 3.36. The first-order chi connectivity index (χ1) is 8.33. The normalized spacial score (nSPS) is 10.5. The van der Waals surface area contributed by atoms with Crippen LogP contribution < -0.4 is 15.6 Å². The van der Waals surface area contributed by atoms with Crippen molar-refractivity contribution in [1.82, 2.24) is 10.8 Å². The highest BCUT2D eigenvalue weighted by atomic mass is 32.1. The number of thiol groups is 1. The molecular formula is C13H22N2OS. The van der Waals surface area contributed by atoms with Gasteiger partial charge in [-0.25, -0.2) is 0 Å².